The third-order valence-corrected chi connectivity index (χ3v) is 3.85. The predicted octanol–water partition coefficient (Wildman–Crippen LogP) is 2.63. The van der Waals surface area contributed by atoms with Gasteiger partial charge in [0.25, 0.3) is 0 Å². The maximum absolute atomic E-state index is 12.1. The molecule has 1 aromatic carbocycles. The zero-order chi connectivity index (χ0) is 14.3. The van der Waals surface area contributed by atoms with E-state index in [2.05, 4.69) is 16.9 Å². The summed E-state index contributed by atoms with van der Waals surface area (Å²) >= 11 is 0. The van der Waals surface area contributed by atoms with Crippen LogP contribution in [0.5, 0.6) is 0 Å². The van der Waals surface area contributed by atoms with Crippen LogP contribution in [0.2, 0.25) is 0 Å². The second-order valence-corrected chi connectivity index (χ2v) is 5.97. The molecule has 0 radical (unpaired) electrons. The second kappa shape index (κ2) is 5.02. The van der Waals surface area contributed by atoms with Crippen LogP contribution in [0.4, 0.5) is 0 Å². The van der Waals surface area contributed by atoms with Gasteiger partial charge in [0.2, 0.25) is 0 Å². The molecule has 4 nitrogen and oxygen atoms in total. The molecular weight excluding hydrogens is 250 g/mol. The van der Waals surface area contributed by atoms with Gasteiger partial charge >= 0.3 is 0 Å². The second-order valence-electron chi connectivity index (χ2n) is 5.97. The Hall–Kier alpha value is -1.68. The maximum Gasteiger partial charge on any atom is 0.176 e. The highest BCUT2D eigenvalue weighted by Crippen LogP contribution is 2.40. The van der Waals surface area contributed by atoms with E-state index in [1.165, 1.54) is 12.8 Å². The van der Waals surface area contributed by atoms with Gasteiger partial charge in [0.05, 0.1) is 17.6 Å². The molecule has 0 saturated heterocycles. The molecule has 0 atom stereocenters. The van der Waals surface area contributed by atoms with Crippen LogP contribution in [0.1, 0.15) is 48.8 Å². The molecule has 1 aliphatic carbocycles. The average Bonchev–Trinajstić information content (AvgIpc) is 3.21. The van der Waals surface area contributed by atoms with Crippen molar-refractivity contribution in [1.82, 2.24) is 14.9 Å². The molecule has 1 aromatic heterocycles. The molecule has 3 rings (SSSR count). The Morgan fingerprint density at radius 3 is 2.85 bits per heavy atom. The lowest BCUT2D eigenvalue weighted by Crippen LogP contribution is -2.29. The molecule has 0 bridgehead atoms. The van der Waals surface area contributed by atoms with Gasteiger partial charge in [-0.25, -0.2) is 4.98 Å². The first kappa shape index (κ1) is 13.3. The summed E-state index contributed by atoms with van der Waals surface area (Å²) in [5.74, 6) is 1.90. The molecule has 1 heterocycles. The maximum atomic E-state index is 12.1. The number of nitrogens with one attached hydrogen (secondary N) is 1. The number of benzene rings is 1. The predicted molar refractivity (Wildman–Crippen MR) is 80.2 cm³/mol. The number of rotatable bonds is 5. The highest BCUT2D eigenvalue weighted by atomic mass is 16.1. The average molecular weight is 271 g/mol. The van der Waals surface area contributed by atoms with Crippen LogP contribution in [-0.4, -0.2) is 27.9 Å². The minimum Gasteiger partial charge on any atom is -0.331 e. The molecule has 0 aliphatic heterocycles. The summed E-state index contributed by atoms with van der Waals surface area (Å²) in [6, 6.07) is 6.16. The number of aryl methyl sites for hydroxylation is 1. The van der Waals surface area contributed by atoms with Crippen molar-refractivity contribution in [3.63, 3.8) is 0 Å². The number of aromatic nitrogens is 2. The van der Waals surface area contributed by atoms with E-state index in [9.17, 15) is 4.79 Å². The number of hydrogen-bond acceptors (Lipinski definition) is 3. The molecule has 1 fully saturated rings. The molecule has 0 amide bonds. The number of ketones is 1. The van der Waals surface area contributed by atoms with Gasteiger partial charge in [-0.1, -0.05) is 13.8 Å². The van der Waals surface area contributed by atoms with Crippen molar-refractivity contribution >= 4 is 16.8 Å². The third kappa shape index (κ3) is 2.48. The largest absolute Gasteiger partial charge is 0.331 e. The van der Waals surface area contributed by atoms with E-state index in [-0.39, 0.29) is 5.78 Å². The SMILES string of the molecule is CC(C)NCC(=O)c1ccc2c(c1)nc(C1CC1)n2C. The van der Waals surface area contributed by atoms with Crippen molar-refractivity contribution < 1.29 is 4.79 Å². The van der Waals surface area contributed by atoms with Crippen LogP contribution >= 0.6 is 0 Å². The van der Waals surface area contributed by atoms with Crippen LogP contribution in [-0.2, 0) is 7.05 Å². The van der Waals surface area contributed by atoms with Gasteiger partial charge in [-0.3, -0.25) is 4.79 Å². The van der Waals surface area contributed by atoms with Gasteiger partial charge in [-0.15, -0.1) is 0 Å². The molecule has 1 N–H and O–H groups in total. The van der Waals surface area contributed by atoms with E-state index in [1.807, 2.05) is 32.0 Å². The van der Waals surface area contributed by atoms with Gasteiger partial charge in [-0.05, 0) is 31.0 Å². The van der Waals surface area contributed by atoms with Crippen molar-refractivity contribution in [2.45, 2.75) is 38.6 Å². The van der Waals surface area contributed by atoms with Crippen LogP contribution in [0.25, 0.3) is 11.0 Å². The molecule has 106 valence electrons. The molecule has 20 heavy (non-hydrogen) atoms. The Bertz CT molecular complexity index is 653. The fraction of sp³-hybridized carbons (Fsp3) is 0.500. The Balaban J connectivity index is 1.88. The molecule has 1 aliphatic rings. The molecule has 0 unspecified atom stereocenters. The highest BCUT2D eigenvalue weighted by molar-refractivity contribution is 6.00. The monoisotopic (exact) mass is 271 g/mol. The van der Waals surface area contributed by atoms with Crippen molar-refractivity contribution in [1.29, 1.82) is 0 Å². The summed E-state index contributed by atoms with van der Waals surface area (Å²) in [6.45, 7) is 4.46. The topological polar surface area (TPSA) is 46.9 Å². The number of carbonyl (C=O) groups is 1. The Labute approximate surface area is 119 Å². The number of Topliss-reactive ketones (excluding diaryl/α,β-unsaturated/α-hetero) is 1. The highest BCUT2D eigenvalue weighted by Gasteiger charge is 2.28. The fourth-order valence-corrected chi connectivity index (χ4v) is 2.50. The summed E-state index contributed by atoms with van der Waals surface area (Å²) in [4.78, 5) is 16.8. The van der Waals surface area contributed by atoms with Gasteiger partial charge in [0, 0.05) is 24.6 Å². The van der Waals surface area contributed by atoms with Gasteiger partial charge in [0.1, 0.15) is 5.82 Å². The van der Waals surface area contributed by atoms with Crippen LogP contribution in [0.15, 0.2) is 18.2 Å². The molecular formula is C16H21N3O. The number of fused-ring (bicyclic) bond motifs is 1. The summed E-state index contributed by atoms with van der Waals surface area (Å²) < 4.78 is 2.16. The first-order valence-corrected chi connectivity index (χ1v) is 7.29. The molecule has 1 saturated carbocycles. The Kier molecular flexibility index (Phi) is 3.34. The lowest BCUT2D eigenvalue weighted by molar-refractivity contribution is 0.0988. The zero-order valence-electron chi connectivity index (χ0n) is 12.3. The standard InChI is InChI=1S/C16H21N3O/c1-10(2)17-9-15(20)12-6-7-14-13(8-12)18-16(19(14)3)11-4-5-11/h6-8,10-11,17H,4-5,9H2,1-3H3. The van der Waals surface area contributed by atoms with Crippen molar-refractivity contribution in [3.05, 3.63) is 29.6 Å². The van der Waals surface area contributed by atoms with E-state index in [1.54, 1.807) is 0 Å². The quantitative estimate of drug-likeness (QED) is 0.850. The van der Waals surface area contributed by atoms with E-state index in [0.29, 0.717) is 18.5 Å². The number of imidazole rings is 1. The van der Waals surface area contributed by atoms with Crippen molar-refractivity contribution in [3.8, 4) is 0 Å². The normalized spacial score (nSPS) is 15.2. The fourth-order valence-electron chi connectivity index (χ4n) is 2.50. The summed E-state index contributed by atoms with van der Waals surface area (Å²) in [7, 11) is 2.06. The Morgan fingerprint density at radius 1 is 1.45 bits per heavy atom. The van der Waals surface area contributed by atoms with Crippen LogP contribution < -0.4 is 5.32 Å². The minimum absolute atomic E-state index is 0.124. The lowest BCUT2D eigenvalue weighted by atomic mass is 10.1. The summed E-state index contributed by atoms with van der Waals surface area (Å²) in [5.41, 5.74) is 2.79. The van der Waals surface area contributed by atoms with E-state index < -0.39 is 0 Å². The smallest absolute Gasteiger partial charge is 0.176 e. The van der Waals surface area contributed by atoms with E-state index in [0.717, 1.165) is 22.4 Å². The first-order chi connectivity index (χ1) is 9.56. The van der Waals surface area contributed by atoms with Crippen molar-refractivity contribution in [2.75, 3.05) is 6.54 Å². The first-order valence-electron chi connectivity index (χ1n) is 7.29. The van der Waals surface area contributed by atoms with Gasteiger partial charge in [-0.2, -0.15) is 0 Å². The molecule has 0 spiro atoms. The lowest BCUT2D eigenvalue weighted by Gasteiger charge is -2.07. The molecule has 2 aromatic rings. The van der Waals surface area contributed by atoms with Gasteiger partial charge in [0.15, 0.2) is 5.78 Å². The van der Waals surface area contributed by atoms with Crippen LogP contribution in [0, 0.1) is 0 Å². The Morgan fingerprint density at radius 2 is 2.20 bits per heavy atom. The number of carbonyl (C=O) groups excluding carboxylic acids is 1. The number of hydrogen-bond donors (Lipinski definition) is 1. The number of nitrogens with zero attached hydrogens (tertiary/aromatic N) is 2. The summed E-state index contributed by atoms with van der Waals surface area (Å²) in [6.07, 6.45) is 2.47. The van der Waals surface area contributed by atoms with Gasteiger partial charge < -0.3 is 9.88 Å². The third-order valence-electron chi connectivity index (χ3n) is 3.85. The van der Waals surface area contributed by atoms with Crippen LogP contribution in [0.3, 0.4) is 0 Å². The van der Waals surface area contributed by atoms with E-state index >= 15 is 0 Å². The van der Waals surface area contributed by atoms with Crippen molar-refractivity contribution in [2.24, 2.45) is 7.05 Å². The van der Waals surface area contributed by atoms with E-state index in [4.69, 9.17) is 4.98 Å². The zero-order valence-corrected chi connectivity index (χ0v) is 12.3. The summed E-state index contributed by atoms with van der Waals surface area (Å²) in [5, 5.41) is 3.16. The molecule has 4 heteroatoms. The minimum atomic E-state index is 0.124.